The summed E-state index contributed by atoms with van der Waals surface area (Å²) in [6.45, 7) is 0.739. The normalized spacial score (nSPS) is 23.2. The topological polar surface area (TPSA) is 108 Å². The number of halogens is 3. The summed E-state index contributed by atoms with van der Waals surface area (Å²) >= 11 is 0. The van der Waals surface area contributed by atoms with E-state index in [9.17, 15) is 27.9 Å². The van der Waals surface area contributed by atoms with Gasteiger partial charge in [-0.3, -0.25) is 9.59 Å². The van der Waals surface area contributed by atoms with Crippen LogP contribution in [0.4, 0.5) is 13.2 Å². The molecule has 0 unspecified atom stereocenters. The van der Waals surface area contributed by atoms with Crippen LogP contribution in [0.25, 0.3) is 11.1 Å². The molecule has 0 radical (unpaired) electrons. The van der Waals surface area contributed by atoms with Gasteiger partial charge in [0, 0.05) is 36.3 Å². The Morgan fingerprint density at radius 3 is 2.48 bits per heavy atom. The Morgan fingerprint density at radius 2 is 1.80 bits per heavy atom. The zero-order valence-electron chi connectivity index (χ0n) is 21.8. The molecule has 2 aliphatic rings. The summed E-state index contributed by atoms with van der Waals surface area (Å²) in [6.07, 6.45) is 2.26. The van der Waals surface area contributed by atoms with Crippen molar-refractivity contribution in [1.82, 2.24) is 20.7 Å². The van der Waals surface area contributed by atoms with Gasteiger partial charge in [0.15, 0.2) is 0 Å². The van der Waals surface area contributed by atoms with Gasteiger partial charge in [-0.05, 0) is 61.4 Å². The SMILES string of the molecule is O=C(NCC(=O)N1CC[C@H](NC2CCC(O)(c3ccc(-c4cnoc4)cc3)CC2)C1)c1cccc(C(F)(F)F)c1. The lowest BCUT2D eigenvalue weighted by molar-refractivity contribution is -0.137. The first kappa shape index (κ1) is 27.9. The monoisotopic (exact) mass is 556 g/mol. The molecule has 1 aliphatic carbocycles. The molecular formula is C29H31F3N4O4. The van der Waals surface area contributed by atoms with Crippen molar-refractivity contribution in [2.24, 2.45) is 0 Å². The van der Waals surface area contributed by atoms with Crippen molar-refractivity contribution < 1.29 is 32.4 Å². The highest BCUT2D eigenvalue weighted by Gasteiger charge is 2.36. The molecule has 8 nitrogen and oxygen atoms in total. The van der Waals surface area contributed by atoms with Crippen molar-refractivity contribution in [3.8, 4) is 11.1 Å². The van der Waals surface area contributed by atoms with Gasteiger partial charge in [-0.25, -0.2) is 0 Å². The third-order valence-corrected chi connectivity index (χ3v) is 7.87. The number of rotatable bonds is 7. The second-order valence-corrected chi connectivity index (χ2v) is 10.5. The number of amides is 2. The molecule has 3 aromatic rings. The minimum atomic E-state index is -4.55. The molecule has 3 N–H and O–H groups in total. The van der Waals surface area contributed by atoms with Gasteiger partial charge < -0.3 is 25.2 Å². The van der Waals surface area contributed by atoms with E-state index in [-0.39, 0.29) is 30.1 Å². The van der Waals surface area contributed by atoms with Crippen LogP contribution in [0.5, 0.6) is 0 Å². The molecule has 212 valence electrons. The van der Waals surface area contributed by atoms with Gasteiger partial charge in [0.1, 0.15) is 6.26 Å². The van der Waals surface area contributed by atoms with Crippen LogP contribution < -0.4 is 10.6 Å². The zero-order valence-corrected chi connectivity index (χ0v) is 21.8. The Balaban J connectivity index is 1.06. The Labute approximate surface area is 229 Å². The van der Waals surface area contributed by atoms with Crippen molar-refractivity contribution in [2.45, 2.75) is 56.0 Å². The van der Waals surface area contributed by atoms with Crippen molar-refractivity contribution in [1.29, 1.82) is 0 Å². The molecular weight excluding hydrogens is 525 g/mol. The number of aromatic nitrogens is 1. The van der Waals surface area contributed by atoms with E-state index in [1.165, 1.54) is 12.1 Å². The Bertz CT molecular complexity index is 1320. The highest BCUT2D eigenvalue weighted by molar-refractivity contribution is 5.96. The standard InChI is InChI=1S/C29H31F3N4O4/c30-29(31,32)23-3-1-2-20(14-23)27(38)33-16-26(37)36-13-10-25(17-36)35-24-8-11-28(39,12-9-24)22-6-4-19(5-7-22)21-15-34-40-18-21/h1-7,14-15,18,24-25,35,39H,8-13,16-17H2,(H,33,38)/t24?,25-,28?/m0/s1. The number of hydrogen-bond acceptors (Lipinski definition) is 6. The van der Waals surface area contributed by atoms with E-state index in [1.54, 1.807) is 17.4 Å². The minimum absolute atomic E-state index is 0.0992. The molecule has 11 heteroatoms. The van der Waals surface area contributed by atoms with Gasteiger partial charge in [-0.2, -0.15) is 13.2 Å². The second-order valence-electron chi connectivity index (χ2n) is 10.5. The van der Waals surface area contributed by atoms with E-state index in [0.717, 1.165) is 48.1 Å². The number of likely N-dealkylation sites (tertiary alicyclic amines) is 1. The molecule has 2 amide bonds. The van der Waals surface area contributed by atoms with Crippen LogP contribution in [0.2, 0.25) is 0 Å². The number of carbonyl (C=O) groups is 2. The average Bonchev–Trinajstić information content (AvgIpc) is 3.66. The summed E-state index contributed by atoms with van der Waals surface area (Å²) in [5.74, 6) is -1.01. The van der Waals surface area contributed by atoms with Gasteiger partial charge in [0.05, 0.1) is 23.9 Å². The van der Waals surface area contributed by atoms with E-state index in [1.807, 2.05) is 24.3 Å². The summed E-state index contributed by atoms with van der Waals surface area (Å²) < 4.78 is 43.6. The Hall–Kier alpha value is -3.70. The molecule has 0 bridgehead atoms. The first-order chi connectivity index (χ1) is 19.1. The van der Waals surface area contributed by atoms with Crippen molar-refractivity contribution in [3.63, 3.8) is 0 Å². The maximum Gasteiger partial charge on any atom is 0.416 e. The molecule has 2 aromatic carbocycles. The summed E-state index contributed by atoms with van der Waals surface area (Å²) in [4.78, 5) is 26.6. The Morgan fingerprint density at radius 1 is 1.05 bits per heavy atom. The maximum atomic E-state index is 12.9. The van der Waals surface area contributed by atoms with Gasteiger partial charge in [0.2, 0.25) is 5.91 Å². The van der Waals surface area contributed by atoms with Gasteiger partial charge in [-0.15, -0.1) is 0 Å². The van der Waals surface area contributed by atoms with E-state index < -0.39 is 23.2 Å². The lowest BCUT2D eigenvalue weighted by atomic mass is 9.77. The summed E-state index contributed by atoms with van der Waals surface area (Å²) in [5.41, 5.74) is 0.791. The highest BCUT2D eigenvalue weighted by Crippen LogP contribution is 2.38. The van der Waals surface area contributed by atoms with Crippen molar-refractivity contribution >= 4 is 11.8 Å². The van der Waals surface area contributed by atoms with E-state index in [2.05, 4.69) is 15.8 Å². The third-order valence-electron chi connectivity index (χ3n) is 7.87. The summed E-state index contributed by atoms with van der Waals surface area (Å²) in [6, 6.07) is 12.2. The maximum absolute atomic E-state index is 12.9. The smallest absolute Gasteiger partial charge is 0.385 e. The molecule has 1 aromatic heterocycles. The lowest BCUT2D eigenvalue weighted by Gasteiger charge is -2.37. The number of nitrogens with one attached hydrogen (secondary N) is 2. The predicted molar refractivity (Wildman–Crippen MR) is 140 cm³/mol. The molecule has 1 saturated heterocycles. The number of benzene rings is 2. The van der Waals surface area contributed by atoms with E-state index in [0.29, 0.717) is 25.9 Å². The molecule has 2 heterocycles. The highest BCUT2D eigenvalue weighted by atomic mass is 19.4. The van der Waals surface area contributed by atoms with E-state index in [4.69, 9.17) is 4.52 Å². The van der Waals surface area contributed by atoms with Crippen LogP contribution in [-0.4, -0.2) is 58.7 Å². The molecule has 2 fully saturated rings. The average molecular weight is 557 g/mol. The van der Waals surface area contributed by atoms with Crippen LogP contribution in [0.1, 0.15) is 53.6 Å². The number of hydrogen-bond donors (Lipinski definition) is 3. The fourth-order valence-electron chi connectivity index (χ4n) is 5.53. The van der Waals surface area contributed by atoms with Crippen LogP contribution in [0, 0.1) is 0 Å². The summed E-state index contributed by atoms with van der Waals surface area (Å²) in [5, 5.41) is 21.1. The second kappa shape index (κ2) is 11.4. The number of nitrogens with zero attached hydrogens (tertiary/aromatic N) is 2. The van der Waals surface area contributed by atoms with Crippen LogP contribution in [-0.2, 0) is 16.6 Å². The van der Waals surface area contributed by atoms with E-state index >= 15 is 0 Å². The Kier molecular flexibility index (Phi) is 7.95. The molecule has 1 aliphatic heterocycles. The minimum Gasteiger partial charge on any atom is -0.385 e. The van der Waals surface area contributed by atoms with Gasteiger partial charge in [-0.1, -0.05) is 35.5 Å². The summed E-state index contributed by atoms with van der Waals surface area (Å²) in [7, 11) is 0. The largest absolute Gasteiger partial charge is 0.416 e. The number of aliphatic hydroxyl groups is 1. The zero-order chi connectivity index (χ0) is 28.3. The molecule has 0 spiro atoms. The first-order valence-electron chi connectivity index (χ1n) is 13.3. The predicted octanol–water partition coefficient (Wildman–Crippen LogP) is 4.11. The van der Waals surface area contributed by atoms with Crippen LogP contribution in [0.15, 0.2) is 65.5 Å². The number of alkyl halides is 3. The quantitative estimate of drug-likeness (QED) is 0.404. The third kappa shape index (κ3) is 6.37. The van der Waals surface area contributed by atoms with Crippen LogP contribution >= 0.6 is 0 Å². The first-order valence-corrected chi connectivity index (χ1v) is 13.3. The van der Waals surface area contributed by atoms with Crippen molar-refractivity contribution in [3.05, 3.63) is 77.7 Å². The lowest BCUT2D eigenvalue weighted by Crippen LogP contribution is -2.46. The fraction of sp³-hybridized carbons (Fsp3) is 0.414. The van der Waals surface area contributed by atoms with Crippen molar-refractivity contribution in [2.75, 3.05) is 19.6 Å². The van der Waals surface area contributed by atoms with Gasteiger partial charge in [0.25, 0.3) is 5.91 Å². The van der Waals surface area contributed by atoms with Gasteiger partial charge >= 0.3 is 6.18 Å². The fourth-order valence-corrected chi connectivity index (χ4v) is 5.53. The van der Waals surface area contributed by atoms with Crippen LogP contribution in [0.3, 0.4) is 0 Å². The molecule has 5 rings (SSSR count). The molecule has 1 saturated carbocycles. The number of carbonyl (C=O) groups excluding carboxylic acids is 2. The molecule has 1 atom stereocenters. The molecule has 40 heavy (non-hydrogen) atoms.